The van der Waals surface area contributed by atoms with Gasteiger partial charge in [0.1, 0.15) is 5.76 Å². The van der Waals surface area contributed by atoms with E-state index in [0.717, 1.165) is 33.7 Å². The number of amides is 1. The van der Waals surface area contributed by atoms with Crippen LogP contribution < -0.4 is 5.32 Å². The number of aryl methyl sites for hydroxylation is 2. The van der Waals surface area contributed by atoms with E-state index in [1.54, 1.807) is 11.3 Å². The molecular formula is C23H21NO2S. The molecule has 1 amide bonds. The zero-order valence-electron chi connectivity index (χ0n) is 15.2. The lowest BCUT2D eigenvalue weighted by atomic mass is 10.1. The fourth-order valence-corrected chi connectivity index (χ4v) is 4.26. The van der Waals surface area contributed by atoms with Crippen LogP contribution in [0.25, 0.3) is 21.6 Å². The molecule has 0 aliphatic heterocycles. The molecule has 2 heterocycles. The molecule has 136 valence electrons. The molecule has 0 radical (unpaired) electrons. The van der Waals surface area contributed by atoms with Crippen LogP contribution in [0.1, 0.15) is 27.2 Å². The van der Waals surface area contributed by atoms with E-state index in [1.165, 1.54) is 5.56 Å². The Balaban J connectivity index is 1.46. The number of hydrogen-bond donors (Lipinski definition) is 1. The molecule has 2 aromatic carbocycles. The molecule has 0 bridgehead atoms. The average molecular weight is 375 g/mol. The predicted octanol–water partition coefficient (Wildman–Crippen LogP) is 5.83. The van der Waals surface area contributed by atoms with Gasteiger partial charge in [-0.2, -0.15) is 0 Å². The lowest BCUT2D eigenvalue weighted by Gasteiger charge is -2.05. The van der Waals surface area contributed by atoms with Gasteiger partial charge in [-0.3, -0.25) is 4.79 Å². The van der Waals surface area contributed by atoms with E-state index < -0.39 is 0 Å². The first-order chi connectivity index (χ1) is 13.2. The van der Waals surface area contributed by atoms with E-state index in [2.05, 4.69) is 17.4 Å². The van der Waals surface area contributed by atoms with Crippen LogP contribution >= 0.6 is 11.3 Å². The molecule has 3 nitrogen and oxygen atoms in total. The maximum absolute atomic E-state index is 12.7. The topological polar surface area (TPSA) is 42.2 Å². The van der Waals surface area contributed by atoms with Gasteiger partial charge in [0.05, 0.1) is 10.3 Å². The Morgan fingerprint density at radius 2 is 1.74 bits per heavy atom. The van der Waals surface area contributed by atoms with Gasteiger partial charge in [-0.25, -0.2) is 0 Å². The van der Waals surface area contributed by atoms with E-state index in [9.17, 15) is 4.79 Å². The summed E-state index contributed by atoms with van der Waals surface area (Å²) >= 11 is 1.60. The Hall–Kier alpha value is -2.85. The SMILES string of the molecule is Cc1sc2cc(-c3ccccc3)oc2c1C(=O)NCCCc1ccccc1. The van der Waals surface area contributed by atoms with Crippen molar-refractivity contribution in [3.63, 3.8) is 0 Å². The Morgan fingerprint density at radius 1 is 1.04 bits per heavy atom. The van der Waals surface area contributed by atoms with Crippen LogP contribution in [-0.2, 0) is 6.42 Å². The van der Waals surface area contributed by atoms with E-state index in [0.29, 0.717) is 17.7 Å². The molecule has 0 unspecified atom stereocenters. The van der Waals surface area contributed by atoms with Crippen molar-refractivity contribution in [3.8, 4) is 11.3 Å². The van der Waals surface area contributed by atoms with Crippen LogP contribution in [0.2, 0.25) is 0 Å². The minimum absolute atomic E-state index is 0.0548. The Morgan fingerprint density at radius 3 is 2.48 bits per heavy atom. The molecule has 4 aromatic rings. The smallest absolute Gasteiger partial charge is 0.256 e. The minimum Gasteiger partial charge on any atom is -0.454 e. The molecule has 0 fully saturated rings. The maximum Gasteiger partial charge on any atom is 0.256 e. The number of furan rings is 1. The van der Waals surface area contributed by atoms with Crippen molar-refractivity contribution in [2.75, 3.05) is 6.54 Å². The highest BCUT2D eigenvalue weighted by atomic mass is 32.1. The lowest BCUT2D eigenvalue weighted by Crippen LogP contribution is -2.25. The van der Waals surface area contributed by atoms with Gasteiger partial charge >= 0.3 is 0 Å². The fraction of sp³-hybridized carbons (Fsp3) is 0.174. The molecule has 0 atom stereocenters. The van der Waals surface area contributed by atoms with Crippen molar-refractivity contribution in [2.24, 2.45) is 0 Å². The molecule has 0 aliphatic carbocycles. The third-order valence-electron chi connectivity index (χ3n) is 4.60. The number of carbonyl (C=O) groups is 1. The van der Waals surface area contributed by atoms with Crippen molar-refractivity contribution < 1.29 is 9.21 Å². The minimum atomic E-state index is -0.0548. The second-order valence-electron chi connectivity index (χ2n) is 6.55. The number of rotatable bonds is 6. The Bertz CT molecular complexity index is 1050. The summed E-state index contributed by atoms with van der Waals surface area (Å²) < 4.78 is 7.07. The lowest BCUT2D eigenvalue weighted by molar-refractivity contribution is 0.0954. The van der Waals surface area contributed by atoms with Gasteiger partial charge in [0, 0.05) is 23.1 Å². The zero-order valence-corrected chi connectivity index (χ0v) is 16.0. The van der Waals surface area contributed by atoms with Gasteiger partial charge in [-0.15, -0.1) is 11.3 Å². The van der Waals surface area contributed by atoms with Crippen molar-refractivity contribution in [1.82, 2.24) is 5.32 Å². The average Bonchev–Trinajstić information content (AvgIpc) is 3.23. The molecular weight excluding hydrogens is 354 g/mol. The van der Waals surface area contributed by atoms with Gasteiger partial charge < -0.3 is 9.73 Å². The molecule has 0 spiro atoms. The van der Waals surface area contributed by atoms with Crippen LogP contribution in [0.3, 0.4) is 0 Å². The summed E-state index contributed by atoms with van der Waals surface area (Å²) in [5, 5.41) is 3.05. The molecule has 2 aromatic heterocycles. The summed E-state index contributed by atoms with van der Waals surface area (Å²) in [5.41, 5.74) is 3.67. The van der Waals surface area contributed by atoms with E-state index in [1.807, 2.05) is 61.5 Å². The number of hydrogen-bond acceptors (Lipinski definition) is 3. The first-order valence-electron chi connectivity index (χ1n) is 9.13. The van der Waals surface area contributed by atoms with E-state index in [4.69, 9.17) is 4.42 Å². The van der Waals surface area contributed by atoms with Crippen molar-refractivity contribution in [2.45, 2.75) is 19.8 Å². The van der Waals surface area contributed by atoms with Crippen LogP contribution in [0.5, 0.6) is 0 Å². The summed E-state index contributed by atoms with van der Waals surface area (Å²) in [5.74, 6) is 0.746. The second kappa shape index (κ2) is 7.80. The van der Waals surface area contributed by atoms with Gasteiger partial charge in [0.2, 0.25) is 0 Å². The number of carbonyl (C=O) groups excluding carboxylic acids is 1. The van der Waals surface area contributed by atoms with Crippen molar-refractivity contribution >= 4 is 27.5 Å². The summed E-state index contributed by atoms with van der Waals surface area (Å²) in [6, 6.07) is 22.3. The van der Waals surface area contributed by atoms with Crippen LogP contribution in [0, 0.1) is 6.92 Å². The first kappa shape index (κ1) is 17.6. The Kier molecular flexibility index (Phi) is 5.07. The van der Waals surface area contributed by atoms with Gasteiger partial charge in [0.15, 0.2) is 5.58 Å². The maximum atomic E-state index is 12.7. The summed E-state index contributed by atoms with van der Waals surface area (Å²) in [6.45, 7) is 2.62. The predicted molar refractivity (Wildman–Crippen MR) is 111 cm³/mol. The molecule has 0 aliphatic rings. The van der Waals surface area contributed by atoms with Crippen LogP contribution in [0.15, 0.2) is 71.1 Å². The standard InChI is InChI=1S/C23H21NO2S/c1-16-21(23(25)24-14-8-11-17-9-4-2-5-10-17)22-20(27-16)15-19(26-22)18-12-6-3-7-13-18/h2-7,9-10,12-13,15H,8,11,14H2,1H3,(H,24,25). The number of nitrogens with one attached hydrogen (secondary N) is 1. The highest BCUT2D eigenvalue weighted by Crippen LogP contribution is 2.36. The summed E-state index contributed by atoms with van der Waals surface area (Å²) in [7, 11) is 0. The number of fused-ring (bicyclic) bond motifs is 1. The van der Waals surface area contributed by atoms with Gasteiger partial charge in [-0.05, 0) is 25.3 Å². The summed E-state index contributed by atoms with van der Waals surface area (Å²) in [4.78, 5) is 13.7. The molecule has 4 heteroatoms. The fourth-order valence-electron chi connectivity index (χ4n) is 3.24. The normalized spacial score (nSPS) is 11.0. The molecule has 4 rings (SSSR count). The molecule has 0 saturated heterocycles. The van der Waals surface area contributed by atoms with Gasteiger partial charge in [0.25, 0.3) is 5.91 Å². The van der Waals surface area contributed by atoms with Crippen LogP contribution in [-0.4, -0.2) is 12.5 Å². The third-order valence-corrected chi connectivity index (χ3v) is 5.63. The molecule has 0 saturated carbocycles. The highest BCUT2D eigenvalue weighted by molar-refractivity contribution is 7.19. The summed E-state index contributed by atoms with van der Waals surface area (Å²) in [6.07, 6.45) is 1.87. The number of thiophene rings is 1. The van der Waals surface area contributed by atoms with Crippen LogP contribution in [0.4, 0.5) is 0 Å². The second-order valence-corrected chi connectivity index (χ2v) is 7.80. The largest absolute Gasteiger partial charge is 0.454 e. The Labute approximate surface area is 162 Å². The zero-order chi connectivity index (χ0) is 18.6. The van der Waals surface area contributed by atoms with E-state index in [-0.39, 0.29) is 5.91 Å². The quantitative estimate of drug-likeness (QED) is 0.431. The first-order valence-corrected chi connectivity index (χ1v) is 9.94. The monoisotopic (exact) mass is 375 g/mol. The van der Waals surface area contributed by atoms with Crippen molar-refractivity contribution in [3.05, 3.63) is 82.7 Å². The van der Waals surface area contributed by atoms with Crippen molar-refractivity contribution in [1.29, 1.82) is 0 Å². The molecule has 27 heavy (non-hydrogen) atoms. The van der Waals surface area contributed by atoms with E-state index >= 15 is 0 Å². The number of benzene rings is 2. The van der Waals surface area contributed by atoms with Gasteiger partial charge in [-0.1, -0.05) is 60.7 Å². The third kappa shape index (κ3) is 3.81. The highest BCUT2D eigenvalue weighted by Gasteiger charge is 2.20. The molecule has 1 N–H and O–H groups in total.